The van der Waals surface area contributed by atoms with E-state index in [1.165, 1.54) is 6.07 Å². The summed E-state index contributed by atoms with van der Waals surface area (Å²) in [5.41, 5.74) is 0.540. The van der Waals surface area contributed by atoms with Crippen molar-refractivity contribution in [2.75, 3.05) is 5.32 Å². The summed E-state index contributed by atoms with van der Waals surface area (Å²) >= 11 is 0. The number of benzene rings is 1. The van der Waals surface area contributed by atoms with Crippen LogP contribution in [0, 0.1) is 18.6 Å². The van der Waals surface area contributed by atoms with E-state index < -0.39 is 17.5 Å². The van der Waals surface area contributed by atoms with Gasteiger partial charge in [0.1, 0.15) is 23.3 Å². The van der Waals surface area contributed by atoms with Crippen LogP contribution < -0.4 is 5.32 Å². The molecule has 0 saturated carbocycles. The number of halogens is 2. The van der Waals surface area contributed by atoms with Crippen molar-refractivity contribution in [1.29, 1.82) is 0 Å². The molecule has 22 heavy (non-hydrogen) atoms. The van der Waals surface area contributed by atoms with Gasteiger partial charge >= 0.3 is 0 Å². The molecule has 0 fully saturated rings. The number of carbonyl (C=O) groups excluding carboxylic acids is 1. The fourth-order valence-electron chi connectivity index (χ4n) is 1.87. The fourth-order valence-corrected chi connectivity index (χ4v) is 1.87. The number of anilines is 1. The number of hydrogen-bond acceptors (Lipinski definition) is 3. The quantitative estimate of drug-likeness (QED) is 0.882. The third kappa shape index (κ3) is 3.94. The Morgan fingerprint density at radius 1 is 1.27 bits per heavy atom. The predicted molar refractivity (Wildman–Crippen MR) is 80.2 cm³/mol. The molecule has 2 aromatic rings. The fraction of sp³-hybridized carbons (Fsp3) is 0.188. The summed E-state index contributed by atoms with van der Waals surface area (Å²) < 4.78 is 26.9. The summed E-state index contributed by atoms with van der Waals surface area (Å²) in [6.07, 6.45) is 2.86. The zero-order chi connectivity index (χ0) is 16.1. The summed E-state index contributed by atoms with van der Waals surface area (Å²) in [7, 11) is 0. The van der Waals surface area contributed by atoms with Gasteiger partial charge in [0, 0.05) is 23.4 Å². The lowest BCUT2D eigenvalue weighted by atomic mass is 10.2. The van der Waals surface area contributed by atoms with E-state index in [2.05, 4.69) is 15.3 Å². The number of hydrogen-bond donors (Lipinski definition) is 1. The number of aromatic nitrogens is 2. The normalized spacial score (nSPS) is 10.9. The Labute approximate surface area is 126 Å². The van der Waals surface area contributed by atoms with Crippen LogP contribution in [0.2, 0.25) is 0 Å². The smallest absolute Gasteiger partial charge is 0.249 e. The van der Waals surface area contributed by atoms with Gasteiger partial charge in [-0.2, -0.15) is 0 Å². The van der Waals surface area contributed by atoms with Crippen LogP contribution in [0.3, 0.4) is 0 Å². The summed E-state index contributed by atoms with van der Waals surface area (Å²) in [5.74, 6) is -1.08. The lowest BCUT2D eigenvalue weighted by molar-refractivity contribution is -0.111. The lowest BCUT2D eigenvalue weighted by Crippen LogP contribution is -2.11. The van der Waals surface area contributed by atoms with Crippen molar-refractivity contribution < 1.29 is 13.6 Å². The van der Waals surface area contributed by atoms with E-state index in [9.17, 15) is 13.6 Å². The van der Waals surface area contributed by atoms with Gasteiger partial charge in [-0.05, 0) is 31.6 Å². The molecule has 1 aromatic carbocycles. The van der Waals surface area contributed by atoms with Crippen LogP contribution >= 0.6 is 0 Å². The highest BCUT2D eigenvalue weighted by Gasteiger charge is 2.06. The molecular formula is C16H15F2N3O. The number of nitrogens with one attached hydrogen (secondary N) is 1. The van der Waals surface area contributed by atoms with Gasteiger partial charge < -0.3 is 5.32 Å². The van der Waals surface area contributed by atoms with Crippen molar-refractivity contribution in [2.45, 2.75) is 20.3 Å². The van der Waals surface area contributed by atoms with Crippen molar-refractivity contribution in [2.24, 2.45) is 0 Å². The van der Waals surface area contributed by atoms with Gasteiger partial charge in [0.05, 0.1) is 0 Å². The maximum Gasteiger partial charge on any atom is 0.249 e. The molecule has 1 N–H and O–H groups in total. The first-order valence-corrected chi connectivity index (χ1v) is 6.77. The zero-order valence-corrected chi connectivity index (χ0v) is 12.2. The van der Waals surface area contributed by atoms with Crippen LogP contribution in [0.25, 0.3) is 6.08 Å². The monoisotopic (exact) mass is 303 g/mol. The molecule has 6 heteroatoms. The molecule has 114 valence electrons. The highest BCUT2D eigenvalue weighted by Crippen LogP contribution is 2.14. The minimum Gasteiger partial charge on any atom is -0.307 e. The van der Waals surface area contributed by atoms with Crippen LogP contribution in [-0.2, 0) is 11.2 Å². The zero-order valence-electron chi connectivity index (χ0n) is 12.2. The van der Waals surface area contributed by atoms with Gasteiger partial charge in [-0.1, -0.05) is 13.0 Å². The first-order valence-electron chi connectivity index (χ1n) is 6.77. The molecule has 0 atom stereocenters. The van der Waals surface area contributed by atoms with E-state index in [4.69, 9.17) is 0 Å². The molecule has 1 heterocycles. The van der Waals surface area contributed by atoms with Gasteiger partial charge in [0.2, 0.25) is 5.91 Å². The average molecular weight is 303 g/mol. The van der Waals surface area contributed by atoms with Crippen molar-refractivity contribution in [3.8, 4) is 0 Å². The molecule has 0 saturated heterocycles. The van der Waals surface area contributed by atoms with Crippen LogP contribution in [0.5, 0.6) is 0 Å². The number of aryl methyl sites for hydroxylation is 2. The Morgan fingerprint density at radius 3 is 2.59 bits per heavy atom. The Morgan fingerprint density at radius 2 is 1.95 bits per heavy atom. The maximum absolute atomic E-state index is 13.4. The molecule has 0 unspecified atom stereocenters. The van der Waals surface area contributed by atoms with Gasteiger partial charge in [-0.25, -0.2) is 18.7 Å². The van der Waals surface area contributed by atoms with Gasteiger partial charge in [0.15, 0.2) is 0 Å². The molecule has 0 radical (unpaired) electrons. The van der Waals surface area contributed by atoms with Crippen LogP contribution in [0.4, 0.5) is 14.6 Å². The van der Waals surface area contributed by atoms with Gasteiger partial charge in [0.25, 0.3) is 0 Å². The molecule has 2 rings (SSSR count). The van der Waals surface area contributed by atoms with Crippen molar-refractivity contribution in [3.63, 3.8) is 0 Å². The van der Waals surface area contributed by atoms with E-state index in [0.29, 0.717) is 18.1 Å². The van der Waals surface area contributed by atoms with Crippen LogP contribution in [-0.4, -0.2) is 15.9 Å². The largest absolute Gasteiger partial charge is 0.307 e. The third-order valence-electron chi connectivity index (χ3n) is 2.91. The first kappa shape index (κ1) is 15.8. The number of rotatable bonds is 4. The number of nitrogens with zero attached hydrogens (tertiary/aromatic N) is 2. The van der Waals surface area contributed by atoms with E-state index in [1.807, 2.05) is 6.92 Å². The summed E-state index contributed by atoms with van der Waals surface area (Å²) in [6, 6.07) is 5.17. The second-order valence-corrected chi connectivity index (χ2v) is 4.60. The standard InChI is InChI=1S/C16H15F2N3O/c1-3-11-9-15(20-10(2)19-11)21-16(22)8-7-12-13(17)5-4-6-14(12)18/h4-9H,3H2,1-2H3,(H,19,20,21,22). The molecule has 0 spiro atoms. The molecule has 4 nitrogen and oxygen atoms in total. The lowest BCUT2D eigenvalue weighted by Gasteiger charge is -2.05. The minimum atomic E-state index is -0.727. The third-order valence-corrected chi connectivity index (χ3v) is 2.91. The van der Waals surface area contributed by atoms with Crippen LogP contribution in [0.1, 0.15) is 24.0 Å². The van der Waals surface area contributed by atoms with E-state index in [1.54, 1.807) is 13.0 Å². The molecule has 1 amide bonds. The van der Waals surface area contributed by atoms with E-state index in [0.717, 1.165) is 30.0 Å². The summed E-state index contributed by atoms with van der Waals surface area (Å²) in [4.78, 5) is 20.1. The van der Waals surface area contributed by atoms with E-state index in [-0.39, 0.29) is 5.56 Å². The minimum absolute atomic E-state index is 0.259. The first-order chi connectivity index (χ1) is 10.5. The molecule has 0 aliphatic rings. The summed E-state index contributed by atoms with van der Waals surface area (Å²) in [5, 5.41) is 2.54. The number of amides is 1. The summed E-state index contributed by atoms with van der Waals surface area (Å²) in [6.45, 7) is 3.66. The Kier molecular flexibility index (Phi) is 4.93. The molecule has 0 bridgehead atoms. The van der Waals surface area contributed by atoms with Gasteiger partial charge in [-0.3, -0.25) is 4.79 Å². The second kappa shape index (κ2) is 6.89. The Hall–Kier alpha value is -2.63. The Balaban J connectivity index is 2.13. The van der Waals surface area contributed by atoms with Gasteiger partial charge in [-0.15, -0.1) is 0 Å². The van der Waals surface area contributed by atoms with Crippen molar-refractivity contribution >= 4 is 17.8 Å². The molecule has 0 aliphatic heterocycles. The predicted octanol–water partition coefficient (Wildman–Crippen LogP) is 3.28. The van der Waals surface area contributed by atoms with Crippen molar-refractivity contribution in [1.82, 2.24) is 9.97 Å². The molecule has 0 aliphatic carbocycles. The Bertz CT molecular complexity index is 709. The van der Waals surface area contributed by atoms with Crippen LogP contribution in [0.15, 0.2) is 30.3 Å². The highest BCUT2D eigenvalue weighted by atomic mass is 19.1. The van der Waals surface area contributed by atoms with Crippen molar-refractivity contribution in [3.05, 3.63) is 59.1 Å². The highest BCUT2D eigenvalue weighted by molar-refractivity contribution is 6.01. The molecular weight excluding hydrogens is 288 g/mol. The SMILES string of the molecule is CCc1cc(NC(=O)C=Cc2c(F)cccc2F)nc(C)n1. The maximum atomic E-state index is 13.4. The number of carbonyl (C=O) groups is 1. The molecule has 1 aromatic heterocycles. The van der Waals surface area contributed by atoms with E-state index >= 15 is 0 Å². The second-order valence-electron chi connectivity index (χ2n) is 4.60. The topological polar surface area (TPSA) is 54.9 Å². The average Bonchev–Trinajstić information content (AvgIpc) is 2.46.